The first-order valence-electron chi connectivity index (χ1n) is 8.30. The minimum atomic E-state index is -3.24. The second-order valence-electron chi connectivity index (χ2n) is 6.09. The summed E-state index contributed by atoms with van der Waals surface area (Å²) in [6, 6.07) is 4.78. The van der Waals surface area contributed by atoms with Crippen molar-refractivity contribution >= 4 is 27.0 Å². The van der Waals surface area contributed by atoms with Crippen LogP contribution >= 0.6 is 0 Å². The summed E-state index contributed by atoms with van der Waals surface area (Å²) >= 11 is 0. The SMILES string of the molecule is CCCCS(=O)(=O)N1CCN(C(=O)c2ccc3[nH]c(=O)oc3c2)CC1. The lowest BCUT2D eigenvalue weighted by Crippen LogP contribution is -2.51. The minimum Gasteiger partial charge on any atom is -0.408 e. The number of benzene rings is 1. The lowest BCUT2D eigenvalue weighted by molar-refractivity contribution is 0.0698. The predicted molar refractivity (Wildman–Crippen MR) is 93.0 cm³/mol. The van der Waals surface area contributed by atoms with E-state index >= 15 is 0 Å². The van der Waals surface area contributed by atoms with Crippen LogP contribution in [0.5, 0.6) is 0 Å². The molecule has 9 heteroatoms. The average Bonchev–Trinajstić information content (AvgIpc) is 2.98. The molecule has 1 amide bonds. The average molecular weight is 367 g/mol. The molecule has 0 atom stereocenters. The van der Waals surface area contributed by atoms with Crippen molar-refractivity contribution in [3.63, 3.8) is 0 Å². The highest BCUT2D eigenvalue weighted by atomic mass is 32.2. The van der Waals surface area contributed by atoms with Crippen LogP contribution in [0.15, 0.2) is 27.4 Å². The number of sulfonamides is 1. The Morgan fingerprint density at radius 3 is 2.64 bits per heavy atom. The van der Waals surface area contributed by atoms with Crippen LogP contribution in [0.25, 0.3) is 11.1 Å². The number of carbonyl (C=O) groups is 1. The number of hydrogen-bond acceptors (Lipinski definition) is 5. The number of nitrogens with one attached hydrogen (secondary N) is 1. The van der Waals surface area contributed by atoms with E-state index in [-0.39, 0.29) is 11.7 Å². The van der Waals surface area contributed by atoms with E-state index in [1.54, 1.807) is 17.0 Å². The fourth-order valence-electron chi connectivity index (χ4n) is 2.89. The molecule has 1 aliphatic heterocycles. The molecule has 0 saturated carbocycles. The van der Waals surface area contributed by atoms with Crippen LogP contribution in [0, 0.1) is 0 Å². The van der Waals surface area contributed by atoms with Gasteiger partial charge in [-0.25, -0.2) is 13.2 Å². The van der Waals surface area contributed by atoms with Gasteiger partial charge in [-0.1, -0.05) is 13.3 Å². The summed E-state index contributed by atoms with van der Waals surface area (Å²) in [5.41, 5.74) is 1.28. The summed E-state index contributed by atoms with van der Waals surface area (Å²) in [5.74, 6) is -0.609. The Bertz CT molecular complexity index is 923. The number of oxazole rings is 1. The Labute approximate surface area is 145 Å². The van der Waals surface area contributed by atoms with Crippen molar-refractivity contribution in [3.05, 3.63) is 34.3 Å². The molecule has 1 fully saturated rings. The predicted octanol–water partition coefficient (Wildman–Crippen LogP) is 1.01. The van der Waals surface area contributed by atoms with E-state index in [9.17, 15) is 18.0 Å². The first kappa shape index (κ1) is 17.7. The maximum absolute atomic E-state index is 12.6. The number of piperazine rings is 1. The number of unbranched alkanes of at least 4 members (excludes halogenated alkanes) is 1. The van der Waals surface area contributed by atoms with Gasteiger partial charge in [-0.3, -0.25) is 9.78 Å². The number of carbonyl (C=O) groups excluding carboxylic acids is 1. The van der Waals surface area contributed by atoms with Gasteiger partial charge in [0.2, 0.25) is 10.0 Å². The quantitative estimate of drug-likeness (QED) is 0.849. The zero-order valence-corrected chi connectivity index (χ0v) is 14.8. The number of aromatic nitrogens is 1. The molecular weight excluding hydrogens is 346 g/mol. The third kappa shape index (κ3) is 3.77. The second-order valence-corrected chi connectivity index (χ2v) is 8.17. The highest BCUT2D eigenvalue weighted by Gasteiger charge is 2.28. The van der Waals surface area contributed by atoms with Crippen molar-refractivity contribution < 1.29 is 17.6 Å². The number of aromatic amines is 1. The molecule has 1 N–H and O–H groups in total. The van der Waals surface area contributed by atoms with Crippen molar-refractivity contribution in [1.29, 1.82) is 0 Å². The summed E-state index contributed by atoms with van der Waals surface area (Å²) in [6.07, 6.45) is 1.47. The Kier molecular flexibility index (Phi) is 4.96. The zero-order chi connectivity index (χ0) is 18.0. The van der Waals surface area contributed by atoms with Gasteiger partial charge in [0.05, 0.1) is 11.3 Å². The van der Waals surface area contributed by atoms with E-state index < -0.39 is 15.8 Å². The van der Waals surface area contributed by atoms with Crippen LogP contribution in [0.4, 0.5) is 0 Å². The number of rotatable bonds is 5. The van der Waals surface area contributed by atoms with Gasteiger partial charge in [0.15, 0.2) is 5.58 Å². The Hall–Kier alpha value is -2.13. The summed E-state index contributed by atoms with van der Waals surface area (Å²) < 4.78 is 30.9. The molecule has 1 aromatic heterocycles. The molecule has 1 aliphatic rings. The van der Waals surface area contributed by atoms with E-state index in [0.29, 0.717) is 49.3 Å². The molecule has 2 aromatic rings. The third-order valence-corrected chi connectivity index (χ3v) is 6.30. The van der Waals surface area contributed by atoms with Gasteiger partial charge in [0.1, 0.15) is 0 Å². The largest absolute Gasteiger partial charge is 0.417 e. The maximum atomic E-state index is 12.6. The Morgan fingerprint density at radius 1 is 1.24 bits per heavy atom. The van der Waals surface area contributed by atoms with Crippen LogP contribution < -0.4 is 5.76 Å². The van der Waals surface area contributed by atoms with Crippen LogP contribution in [-0.4, -0.2) is 60.4 Å². The first-order chi connectivity index (χ1) is 11.9. The smallest absolute Gasteiger partial charge is 0.408 e. The third-order valence-electron chi connectivity index (χ3n) is 4.34. The number of hydrogen-bond donors (Lipinski definition) is 1. The molecule has 0 radical (unpaired) electrons. The summed E-state index contributed by atoms with van der Waals surface area (Å²) in [4.78, 5) is 27.9. The highest BCUT2D eigenvalue weighted by molar-refractivity contribution is 7.89. The van der Waals surface area contributed by atoms with E-state index in [0.717, 1.165) is 6.42 Å². The fraction of sp³-hybridized carbons (Fsp3) is 0.500. The molecule has 3 rings (SSSR count). The van der Waals surface area contributed by atoms with Gasteiger partial charge < -0.3 is 9.32 Å². The monoisotopic (exact) mass is 367 g/mol. The molecule has 0 aliphatic carbocycles. The van der Waals surface area contributed by atoms with Gasteiger partial charge in [-0.15, -0.1) is 0 Å². The maximum Gasteiger partial charge on any atom is 0.417 e. The van der Waals surface area contributed by atoms with Crippen molar-refractivity contribution in [2.45, 2.75) is 19.8 Å². The van der Waals surface area contributed by atoms with Gasteiger partial charge in [0, 0.05) is 31.7 Å². The number of amides is 1. The lowest BCUT2D eigenvalue weighted by Gasteiger charge is -2.34. The van der Waals surface area contributed by atoms with E-state index in [1.165, 1.54) is 10.4 Å². The van der Waals surface area contributed by atoms with E-state index in [1.807, 2.05) is 6.92 Å². The first-order valence-corrected chi connectivity index (χ1v) is 9.91. The van der Waals surface area contributed by atoms with E-state index in [4.69, 9.17) is 4.42 Å². The lowest BCUT2D eigenvalue weighted by atomic mass is 10.1. The van der Waals surface area contributed by atoms with Crippen molar-refractivity contribution in [2.75, 3.05) is 31.9 Å². The number of fused-ring (bicyclic) bond motifs is 1. The molecular formula is C16H21N3O5S. The number of H-pyrrole nitrogens is 1. The second kappa shape index (κ2) is 7.01. The highest BCUT2D eigenvalue weighted by Crippen LogP contribution is 2.16. The molecule has 136 valence electrons. The molecule has 1 aromatic carbocycles. The van der Waals surface area contributed by atoms with Crippen molar-refractivity contribution in [2.24, 2.45) is 0 Å². The van der Waals surface area contributed by atoms with Crippen LogP contribution in [0.3, 0.4) is 0 Å². The molecule has 0 unspecified atom stereocenters. The van der Waals surface area contributed by atoms with Crippen molar-refractivity contribution in [1.82, 2.24) is 14.2 Å². The van der Waals surface area contributed by atoms with Gasteiger partial charge in [-0.2, -0.15) is 4.31 Å². The summed E-state index contributed by atoms with van der Waals surface area (Å²) in [6.45, 7) is 3.26. The zero-order valence-electron chi connectivity index (χ0n) is 14.0. The Balaban J connectivity index is 1.67. The van der Waals surface area contributed by atoms with Crippen LogP contribution in [-0.2, 0) is 10.0 Å². The van der Waals surface area contributed by atoms with Crippen molar-refractivity contribution in [3.8, 4) is 0 Å². The topological polar surface area (TPSA) is 104 Å². The molecule has 0 spiro atoms. The van der Waals surface area contributed by atoms with Gasteiger partial charge in [-0.05, 0) is 24.6 Å². The molecule has 8 nitrogen and oxygen atoms in total. The standard InChI is InChI=1S/C16H21N3O5S/c1-2-3-10-25(22,23)19-8-6-18(7-9-19)15(20)12-4-5-13-14(11-12)24-16(21)17-13/h4-5,11H,2-3,6-10H2,1H3,(H,17,21). The van der Waals surface area contributed by atoms with E-state index in [2.05, 4.69) is 4.98 Å². The van der Waals surface area contributed by atoms with Gasteiger partial charge in [0.25, 0.3) is 5.91 Å². The van der Waals surface area contributed by atoms with Crippen LogP contribution in [0.1, 0.15) is 30.1 Å². The van der Waals surface area contributed by atoms with Crippen LogP contribution in [0.2, 0.25) is 0 Å². The number of nitrogens with zero attached hydrogens (tertiary/aromatic N) is 2. The molecule has 1 saturated heterocycles. The summed E-state index contributed by atoms with van der Waals surface area (Å²) in [5, 5.41) is 0. The molecule has 2 heterocycles. The fourth-order valence-corrected chi connectivity index (χ4v) is 4.52. The van der Waals surface area contributed by atoms with Gasteiger partial charge >= 0.3 is 5.76 Å². The molecule has 25 heavy (non-hydrogen) atoms. The Morgan fingerprint density at radius 2 is 1.96 bits per heavy atom. The normalized spacial score (nSPS) is 16.4. The minimum absolute atomic E-state index is 0.153. The summed E-state index contributed by atoms with van der Waals surface area (Å²) in [7, 11) is -3.24. The molecule has 0 bridgehead atoms.